The minimum absolute atomic E-state index is 0.0776. The summed E-state index contributed by atoms with van der Waals surface area (Å²) in [4.78, 5) is 28.0. The van der Waals surface area contributed by atoms with Gasteiger partial charge >= 0.3 is 0 Å². The summed E-state index contributed by atoms with van der Waals surface area (Å²) in [6, 6.07) is 18.2. The molecule has 2 N–H and O–H groups in total. The number of amides is 2. The molecular weight excluding hydrogens is 404 g/mol. The van der Waals surface area contributed by atoms with Crippen LogP contribution in [0.4, 0.5) is 11.4 Å². The molecule has 2 amide bonds. The van der Waals surface area contributed by atoms with E-state index < -0.39 is 11.9 Å². The van der Waals surface area contributed by atoms with Crippen LogP contribution in [-0.4, -0.2) is 36.1 Å². The molecular formula is C25H28N4O3. The largest absolute Gasteiger partial charge is 0.371 e. The minimum Gasteiger partial charge on any atom is -0.371 e. The first-order valence-electron chi connectivity index (χ1n) is 11.1. The van der Waals surface area contributed by atoms with Crippen LogP contribution < -0.4 is 15.5 Å². The summed E-state index contributed by atoms with van der Waals surface area (Å²) in [6.45, 7) is 4.05. The van der Waals surface area contributed by atoms with Gasteiger partial charge in [0.15, 0.2) is 0 Å². The molecule has 166 valence electrons. The molecule has 0 saturated carbocycles. The maximum atomic E-state index is 12.9. The van der Waals surface area contributed by atoms with Crippen molar-refractivity contribution in [2.75, 3.05) is 23.3 Å². The summed E-state index contributed by atoms with van der Waals surface area (Å²) in [5.41, 5.74) is 3.26. The van der Waals surface area contributed by atoms with Crippen molar-refractivity contribution in [3.05, 3.63) is 66.4 Å². The van der Waals surface area contributed by atoms with E-state index in [1.165, 1.54) is 12.8 Å². The highest BCUT2D eigenvalue weighted by Crippen LogP contribution is 2.24. The lowest BCUT2D eigenvalue weighted by Gasteiger charge is -2.20. The summed E-state index contributed by atoms with van der Waals surface area (Å²) in [7, 11) is 0. The van der Waals surface area contributed by atoms with Gasteiger partial charge in [-0.2, -0.15) is 0 Å². The first-order chi connectivity index (χ1) is 15.6. The molecule has 1 fully saturated rings. The van der Waals surface area contributed by atoms with Gasteiger partial charge in [0.1, 0.15) is 11.7 Å². The Morgan fingerprint density at radius 1 is 1.06 bits per heavy atom. The minimum atomic E-state index is -0.673. The zero-order valence-electron chi connectivity index (χ0n) is 18.2. The molecule has 1 saturated heterocycles. The van der Waals surface area contributed by atoms with Crippen LogP contribution in [0.1, 0.15) is 43.2 Å². The summed E-state index contributed by atoms with van der Waals surface area (Å²) < 4.78 is 5.23. The molecule has 7 nitrogen and oxygen atoms in total. The van der Waals surface area contributed by atoms with E-state index in [4.69, 9.17) is 4.52 Å². The smallest absolute Gasteiger partial charge is 0.290 e. The Hall–Kier alpha value is -3.61. The third-order valence-electron chi connectivity index (χ3n) is 5.59. The summed E-state index contributed by atoms with van der Waals surface area (Å²) in [5, 5.41) is 9.73. The Labute approximate surface area is 187 Å². The maximum absolute atomic E-state index is 12.9. The average molecular weight is 433 g/mol. The van der Waals surface area contributed by atoms with Crippen molar-refractivity contribution >= 4 is 23.2 Å². The average Bonchev–Trinajstić information content (AvgIpc) is 3.52. The highest BCUT2D eigenvalue weighted by Gasteiger charge is 2.23. The zero-order valence-corrected chi connectivity index (χ0v) is 18.2. The van der Waals surface area contributed by atoms with Gasteiger partial charge < -0.3 is 20.1 Å². The van der Waals surface area contributed by atoms with Crippen molar-refractivity contribution in [3.63, 3.8) is 0 Å². The van der Waals surface area contributed by atoms with Gasteiger partial charge in [0.05, 0.1) is 0 Å². The van der Waals surface area contributed by atoms with Gasteiger partial charge in [-0.05, 0) is 37.5 Å². The van der Waals surface area contributed by atoms with E-state index in [2.05, 4.69) is 26.8 Å². The van der Waals surface area contributed by atoms with E-state index in [1.54, 1.807) is 6.07 Å². The summed E-state index contributed by atoms with van der Waals surface area (Å²) in [6.07, 6.45) is 3.64. The monoisotopic (exact) mass is 432 g/mol. The molecule has 1 aromatic heterocycles. The van der Waals surface area contributed by atoms with Gasteiger partial charge in [0.2, 0.25) is 11.7 Å². The maximum Gasteiger partial charge on any atom is 0.290 e. The van der Waals surface area contributed by atoms with Crippen LogP contribution in [0.15, 0.2) is 65.2 Å². The van der Waals surface area contributed by atoms with Crippen molar-refractivity contribution in [2.24, 2.45) is 0 Å². The fraction of sp³-hybridized carbons (Fsp3) is 0.320. The number of hydrogen-bond donors (Lipinski definition) is 2. The first-order valence-corrected chi connectivity index (χ1v) is 11.1. The molecule has 1 aliphatic rings. The molecule has 4 rings (SSSR count). The molecule has 0 aliphatic carbocycles. The van der Waals surface area contributed by atoms with Gasteiger partial charge in [-0.1, -0.05) is 54.9 Å². The molecule has 2 heterocycles. The van der Waals surface area contributed by atoms with Crippen molar-refractivity contribution in [2.45, 2.75) is 38.6 Å². The van der Waals surface area contributed by atoms with Crippen LogP contribution in [0.5, 0.6) is 0 Å². The zero-order chi connectivity index (χ0) is 22.3. The molecule has 0 bridgehead atoms. The third kappa shape index (κ3) is 5.17. The van der Waals surface area contributed by atoms with Crippen LogP contribution >= 0.6 is 0 Å². The number of rotatable bonds is 8. The number of nitrogens with one attached hydrogen (secondary N) is 2. The second-order valence-corrected chi connectivity index (χ2v) is 7.99. The molecule has 7 heteroatoms. The molecule has 1 atom stereocenters. The normalized spacial score (nSPS) is 14.2. The van der Waals surface area contributed by atoms with Gasteiger partial charge in [0.25, 0.3) is 5.91 Å². The van der Waals surface area contributed by atoms with Crippen molar-refractivity contribution in [3.8, 4) is 11.3 Å². The van der Waals surface area contributed by atoms with E-state index in [1.807, 2.05) is 55.5 Å². The molecule has 0 spiro atoms. The number of benzene rings is 2. The second kappa shape index (κ2) is 10.1. The number of nitrogens with zero attached hydrogens (tertiary/aromatic N) is 2. The van der Waals surface area contributed by atoms with Gasteiger partial charge in [0, 0.05) is 36.1 Å². The van der Waals surface area contributed by atoms with Crippen LogP contribution in [0, 0.1) is 0 Å². The van der Waals surface area contributed by atoms with Crippen molar-refractivity contribution in [1.29, 1.82) is 0 Å². The van der Waals surface area contributed by atoms with Crippen molar-refractivity contribution < 1.29 is 14.1 Å². The lowest BCUT2D eigenvalue weighted by molar-refractivity contribution is -0.118. The molecule has 32 heavy (non-hydrogen) atoms. The van der Waals surface area contributed by atoms with Crippen LogP contribution in [0.2, 0.25) is 0 Å². The fourth-order valence-electron chi connectivity index (χ4n) is 3.90. The second-order valence-electron chi connectivity index (χ2n) is 7.99. The number of aromatic nitrogens is 1. The Balaban J connectivity index is 1.42. The van der Waals surface area contributed by atoms with Gasteiger partial charge in [-0.15, -0.1) is 0 Å². The first kappa shape index (κ1) is 21.6. The Bertz CT molecular complexity index is 1060. The molecule has 3 aromatic rings. The number of carbonyl (C=O) groups is 2. The molecule has 2 aromatic carbocycles. The quantitative estimate of drug-likeness (QED) is 0.548. The number of carbonyl (C=O) groups excluding carboxylic acids is 2. The lowest BCUT2D eigenvalue weighted by Crippen LogP contribution is -2.43. The standard InChI is InChI=1S/C25H28N4O3/c1-2-9-21(24(30)26-19-12-8-13-20(16-19)29-14-6-7-15-29)27-25(31)23-17-22(28-32-23)18-10-4-3-5-11-18/h3-5,8,10-13,16-17,21H,2,6-7,9,14-15H2,1H3,(H,26,30)(H,27,31). The van der Waals surface area contributed by atoms with E-state index in [-0.39, 0.29) is 11.7 Å². The summed E-state index contributed by atoms with van der Waals surface area (Å²) in [5.74, 6) is -0.630. The number of hydrogen-bond acceptors (Lipinski definition) is 5. The Morgan fingerprint density at radius 2 is 1.84 bits per heavy atom. The van der Waals surface area contributed by atoms with Gasteiger partial charge in [-0.25, -0.2) is 0 Å². The summed E-state index contributed by atoms with van der Waals surface area (Å²) >= 11 is 0. The predicted molar refractivity (Wildman–Crippen MR) is 125 cm³/mol. The van der Waals surface area contributed by atoms with Crippen LogP contribution in [0.3, 0.4) is 0 Å². The lowest BCUT2D eigenvalue weighted by atomic mass is 10.1. The van der Waals surface area contributed by atoms with E-state index in [9.17, 15) is 9.59 Å². The van der Waals surface area contributed by atoms with Gasteiger partial charge in [-0.3, -0.25) is 9.59 Å². The number of anilines is 2. The highest BCUT2D eigenvalue weighted by molar-refractivity contribution is 6.00. The Kier molecular flexibility index (Phi) is 6.84. The third-order valence-corrected chi connectivity index (χ3v) is 5.59. The molecule has 1 aliphatic heterocycles. The van der Waals surface area contributed by atoms with E-state index in [0.29, 0.717) is 12.1 Å². The predicted octanol–water partition coefficient (Wildman–Crippen LogP) is 4.48. The molecule has 1 unspecified atom stereocenters. The van der Waals surface area contributed by atoms with E-state index in [0.717, 1.165) is 36.4 Å². The van der Waals surface area contributed by atoms with Crippen LogP contribution in [0.25, 0.3) is 11.3 Å². The van der Waals surface area contributed by atoms with Crippen LogP contribution in [-0.2, 0) is 4.79 Å². The van der Waals surface area contributed by atoms with E-state index >= 15 is 0 Å². The van der Waals surface area contributed by atoms with Crippen molar-refractivity contribution in [1.82, 2.24) is 10.5 Å². The highest BCUT2D eigenvalue weighted by atomic mass is 16.5. The molecule has 0 radical (unpaired) electrons. The fourth-order valence-corrected chi connectivity index (χ4v) is 3.90. The Morgan fingerprint density at radius 3 is 2.59 bits per heavy atom. The SMILES string of the molecule is CCCC(NC(=O)c1cc(-c2ccccc2)no1)C(=O)Nc1cccc(N2CCCC2)c1. The topological polar surface area (TPSA) is 87.5 Å².